The lowest BCUT2D eigenvalue weighted by Crippen LogP contribution is -2.08. The highest BCUT2D eigenvalue weighted by atomic mass is 16.5. The van der Waals surface area contributed by atoms with Crippen LogP contribution in [0.25, 0.3) is 6.08 Å². The van der Waals surface area contributed by atoms with E-state index in [9.17, 15) is 9.59 Å². The normalized spacial score (nSPS) is 10.2. The maximum absolute atomic E-state index is 10.8. The minimum atomic E-state index is -1.47. The van der Waals surface area contributed by atoms with Gasteiger partial charge < -0.3 is 9.84 Å². The smallest absolute Gasteiger partial charge is 0.376 e. The maximum Gasteiger partial charge on any atom is 0.376 e. The lowest BCUT2D eigenvalue weighted by atomic mass is 10.1. The zero-order chi connectivity index (χ0) is 11.3. The van der Waals surface area contributed by atoms with Crippen molar-refractivity contribution >= 4 is 17.8 Å². The molecule has 1 aromatic carbocycles. The van der Waals surface area contributed by atoms with Gasteiger partial charge in [-0.1, -0.05) is 18.2 Å². The number of carbonyl (C=O) groups excluding carboxylic acids is 1. The molecule has 0 spiro atoms. The molecule has 0 atom stereocenters. The molecule has 0 unspecified atom stereocenters. The molecule has 1 N–H and O–H groups in total. The van der Waals surface area contributed by atoms with E-state index in [-0.39, 0.29) is 0 Å². The van der Waals surface area contributed by atoms with Crippen LogP contribution in [-0.4, -0.2) is 24.0 Å². The Kier molecular flexibility index (Phi) is 3.62. The fourth-order valence-electron chi connectivity index (χ4n) is 1.04. The van der Waals surface area contributed by atoms with E-state index in [4.69, 9.17) is 9.84 Å². The predicted octanol–water partition coefficient (Wildman–Crippen LogP) is 1.36. The quantitative estimate of drug-likeness (QED) is 0.596. The van der Waals surface area contributed by atoms with E-state index in [0.717, 1.165) is 6.08 Å². The molecule has 1 aromatic rings. The summed E-state index contributed by atoms with van der Waals surface area (Å²) in [7, 11) is 1.51. The summed E-state index contributed by atoms with van der Waals surface area (Å²) in [5, 5.41) is 8.35. The topological polar surface area (TPSA) is 63.6 Å². The van der Waals surface area contributed by atoms with Gasteiger partial charge in [0.2, 0.25) is 0 Å². The predicted molar refractivity (Wildman–Crippen MR) is 54.7 cm³/mol. The van der Waals surface area contributed by atoms with Crippen molar-refractivity contribution in [1.82, 2.24) is 0 Å². The average molecular weight is 206 g/mol. The second-order valence-corrected chi connectivity index (χ2v) is 2.74. The second kappa shape index (κ2) is 4.95. The zero-order valence-corrected chi connectivity index (χ0v) is 8.14. The summed E-state index contributed by atoms with van der Waals surface area (Å²) in [5.74, 6) is -1.84. The van der Waals surface area contributed by atoms with Gasteiger partial charge in [0, 0.05) is 5.56 Å². The Hall–Kier alpha value is -2.10. The van der Waals surface area contributed by atoms with Crippen molar-refractivity contribution in [2.24, 2.45) is 0 Å². The van der Waals surface area contributed by atoms with E-state index in [2.05, 4.69) is 0 Å². The molecule has 0 aliphatic heterocycles. The maximum atomic E-state index is 10.8. The van der Waals surface area contributed by atoms with E-state index in [1.807, 2.05) is 0 Å². The van der Waals surface area contributed by atoms with Crippen LogP contribution in [0, 0.1) is 0 Å². The third-order valence-electron chi connectivity index (χ3n) is 1.76. The first-order chi connectivity index (χ1) is 7.15. The van der Waals surface area contributed by atoms with Crippen molar-refractivity contribution < 1.29 is 19.4 Å². The molecule has 0 saturated carbocycles. The highest BCUT2D eigenvalue weighted by Gasteiger charge is 2.06. The molecule has 4 nitrogen and oxygen atoms in total. The number of methoxy groups -OCH3 is 1. The van der Waals surface area contributed by atoms with E-state index in [0.29, 0.717) is 11.3 Å². The Morgan fingerprint density at radius 1 is 1.33 bits per heavy atom. The van der Waals surface area contributed by atoms with Crippen LogP contribution in [0.3, 0.4) is 0 Å². The molecule has 78 valence electrons. The Balaban J connectivity index is 2.89. The van der Waals surface area contributed by atoms with Crippen molar-refractivity contribution in [3.8, 4) is 5.75 Å². The van der Waals surface area contributed by atoms with Crippen molar-refractivity contribution in [2.75, 3.05) is 7.11 Å². The van der Waals surface area contributed by atoms with Crippen molar-refractivity contribution in [3.05, 3.63) is 35.9 Å². The molecule has 0 aliphatic carbocycles. The summed E-state index contributed by atoms with van der Waals surface area (Å²) < 4.78 is 5.03. The largest absolute Gasteiger partial charge is 0.496 e. The van der Waals surface area contributed by atoms with Crippen LogP contribution in [0.1, 0.15) is 5.56 Å². The van der Waals surface area contributed by atoms with Crippen LogP contribution < -0.4 is 4.74 Å². The number of para-hydroxylation sites is 1. The van der Waals surface area contributed by atoms with E-state index in [1.165, 1.54) is 13.2 Å². The second-order valence-electron chi connectivity index (χ2n) is 2.74. The van der Waals surface area contributed by atoms with Gasteiger partial charge in [-0.05, 0) is 18.2 Å². The number of carboxylic acids is 1. The highest BCUT2D eigenvalue weighted by Crippen LogP contribution is 2.18. The monoisotopic (exact) mass is 206 g/mol. The summed E-state index contributed by atoms with van der Waals surface area (Å²) >= 11 is 0. The number of ether oxygens (including phenoxy) is 1. The Morgan fingerprint density at radius 2 is 2.00 bits per heavy atom. The van der Waals surface area contributed by atoms with Gasteiger partial charge in [-0.2, -0.15) is 0 Å². The molecule has 0 saturated heterocycles. The summed E-state index contributed by atoms with van der Waals surface area (Å²) in [5.41, 5.74) is 0.662. The van der Waals surface area contributed by atoms with Gasteiger partial charge in [-0.25, -0.2) is 4.79 Å². The summed E-state index contributed by atoms with van der Waals surface area (Å²) in [6.45, 7) is 0. The molecule has 0 radical (unpaired) electrons. The van der Waals surface area contributed by atoms with E-state index in [1.54, 1.807) is 24.3 Å². The van der Waals surface area contributed by atoms with Crippen molar-refractivity contribution in [3.63, 3.8) is 0 Å². The molecule has 15 heavy (non-hydrogen) atoms. The van der Waals surface area contributed by atoms with Crippen molar-refractivity contribution in [1.29, 1.82) is 0 Å². The van der Waals surface area contributed by atoms with Gasteiger partial charge in [0.05, 0.1) is 7.11 Å². The van der Waals surface area contributed by atoms with Gasteiger partial charge in [-0.3, -0.25) is 4.79 Å². The number of benzene rings is 1. The van der Waals surface area contributed by atoms with Gasteiger partial charge in [0.25, 0.3) is 5.78 Å². The SMILES string of the molecule is COc1ccccc1/C=C/C(=O)C(=O)O. The van der Waals surface area contributed by atoms with Crippen LogP contribution in [0.5, 0.6) is 5.75 Å². The van der Waals surface area contributed by atoms with Crippen LogP contribution in [0.4, 0.5) is 0 Å². The highest BCUT2D eigenvalue weighted by molar-refractivity contribution is 6.38. The number of carboxylic acid groups (broad SMARTS) is 1. The molecule has 0 heterocycles. The number of ketones is 1. The zero-order valence-electron chi connectivity index (χ0n) is 8.14. The first-order valence-electron chi connectivity index (χ1n) is 4.23. The number of hydrogen-bond acceptors (Lipinski definition) is 3. The number of rotatable bonds is 4. The summed E-state index contributed by atoms with van der Waals surface area (Å²) in [6.07, 6.45) is 2.41. The molecular formula is C11H10O4. The van der Waals surface area contributed by atoms with Gasteiger partial charge in [0.15, 0.2) is 0 Å². The third kappa shape index (κ3) is 2.95. The van der Waals surface area contributed by atoms with Crippen LogP contribution in [-0.2, 0) is 9.59 Å². The van der Waals surface area contributed by atoms with Crippen LogP contribution >= 0.6 is 0 Å². The summed E-state index contributed by atoms with van der Waals surface area (Å²) in [4.78, 5) is 21.0. The van der Waals surface area contributed by atoms with Crippen LogP contribution in [0.15, 0.2) is 30.3 Å². The molecule has 1 rings (SSSR count). The molecule has 0 amide bonds. The Bertz CT molecular complexity index is 407. The number of carbonyl (C=O) groups is 2. The van der Waals surface area contributed by atoms with Gasteiger partial charge in [0.1, 0.15) is 5.75 Å². The standard InChI is InChI=1S/C11H10O4/c1-15-10-5-3-2-4-8(10)6-7-9(12)11(13)14/h2-7H,1H3,(H,13,14)/b7-6+. The minimum Gasteiger partial charge on any atom is -0.496 e. The third-order valence-corrected chi connectivity index (χ3v) is 1.76. The Morgan fingerprint density at radius 3 is 2.60 bits per heavy atom. The fourth-order valence-corrected chi connectivity index (χ4v) is 1.04. The van der Waals surface area contributed by atoms with Gasteiger partial charge >= 0.3 is 5.97 Å². The summed E-state index contributed by atoms with van der Waals surface area (Å²) in [6, 6.07) is 7.01. The molecule has 4 heteroatoms. The molecular weight excluding hydrogens is 196 g/mol. The van der Waals surface area contributed by atoms with Gasteiger partial charge in [-0.15, -0.1) is 0 Å². The number of hydrogen-bond donors (Lipinski definition) is 1. The average Bonchev–Trinajstić information content (AvgIpc) is 2.26. The molecule has 0 bridgehead atoms. The first-order valence-corrected chi connectivity index (χ1v) is 4.23. The van der Waals surface area contributed by atoms with E-state index >= 15 is 0 Å². The molecule has 0 aliphatic rings. The van der Waals surface area contributed by atoms with E-state index < -0.39 is 11.8 Å². The van der Waals surface area contributed by atoms with Crippen molar-refractivity contribution in [2.45, 2.75) is 0 Å². The lowest BCUT2D eigenvalue weighted by Gasteiger charge is -2.02. The number of aliphatic carboxylic acids is 1. The minimum absolute atomic E-state index is 0.590. The lowest BCUT2D eigenvalue weighted by molar-refractivity contribution is -0.146. The van der Waals surface area contributed by atoms with Crippen LogP contribution in [0.2, 0.25) is 0 Å². The Labute approximate surface area is 86.8 Å². The molecule has 0 aromatic heterocycles. The molecule has 0 fully saturated rings. The fraction of sp³-hybridized carbons (Fsp3) is 0.0909. The first kappa shape index (κ1) is 11.0.